The summed E-state index contributed by atoms with van der Waals surface area (Å²) in [4.78, 5) is 25.1. The number of hydrogen-bond donors (Lipinski definition) is 2. The van der Waals surface area contributed by atoms with Crippen molar-refractivity contribution in [3.63, 3.8) is 0 Å². The molecule has 2 amide bonds. The van der Waals surface area contributed by atoms with Crippen molar-refractivity contribution in [2.45, 2.75) is 63.1 Å². The van der Waals surface area contributed by atoms with Crippen LogP contribution < -0.4 is 5.32 Å². The fourth-order valence-corrected chi connectivity index (χ4v) is 3.63. The molecule has 2 N–H and O–H groups in total. The monoisotopic (exact) mass is 296 g/mol. The van der Waals surface area contributed by atoms with Crippen molar-refractivity contribution in [1.29, 1.82) is 0 Å². The van der Waals surface area contributed by atoms with Crippen molar-refractivity contribution < 1.29 is 19.4 Å². The van der Waals surface area contributed by atoms with Crippen LogP contribution in [0, 0.1) is 5.92 Å². The molecule has 0 bridgehead atoms. The smallest absolute Gasteiger partial charge is 0.323 e. The van der Waals surface area contributed by atoms with Gasteiger partial charge in [0, 0.05) is 12.6 Å². The zero-order valence-electron chi connectivity index (χ0n) is 12.3. The molecule has 0 radical (unpaired) electrons. The van der Waals surface area contributed by atoms with Gasteiger partial charge in [-0.3, -0.25) is 4.79 Å². The maximum atomic E-state index is 12.5. The molecule has 21 heavy (non-hydrogen) atoms. The number of hydrogen-bond acceptors (Lipinski definition) is 3. The maximum Gasteiger partial charge on any atom is 0.323 e. The molecule has 2 saturated carbocycles. The molecule has 3 aliphatic rings. The van der Waals surface area contributed by atoms with E-state index in [1.807, 2.05) is 0 Å². The Kier molecular flexibility index (Phi) is 4.33. The van der Waals surface area contributed by atoms with Crippen LogP contribution in [0.25, 0.3) is 0 Å². The van der Waals surface area contributed by atoms with E-state index in [2.05, 4.69) is 5.32 Å². The molecular weight excluding hydrogens is 272 g/mol. The first-order valence-corrected chi connectivity index (χ1v) is 8.05. The van der Waals surface area contributed by atoms with E-state index in [9.17, 15) is 9.59 Å². The Morgan fingerprint density at radius 2 is 1.86 bits per heavy atom. The van der Waals surface area contributed by atoms with E-state index in [0.717, 1.165) is 32.1 Å². The molecule has 6 heteroatoms. The number of aliphatic carboxylic acids is 1. The molecule has 3 rings (SSSR count). The van der Waals surface area contributed by atoms with Gasteiger partial charge >= 0.3 is 12.0 Å². The number of nitrogens with zero attached hydrogens (tertiary/aromatic N) is 1. The predicted molar refractivity (Wildman–Crippen MR) is 76.0 cm³/mol. The molecule has 1 saturated heterocycles. The molecule has 2 atom stereocenters. The molecule has 3 fully saturated rings. The third-order valence-corrected chi connectivity index (χ3v) is 4.86. The number of amides is 2. The van der Waals surface area contributed by atoms with Gasteiger partial charge in [0.1, 0.15) is 6.54 Å². The second kappa shape index (κ2) is 6.22. The molecule has 1 aliphatic heterocycles. The number of ether oxygens (including phenoxy) is 1. The van der Waals surface area contributed by atoms with Gasteiger partial charge in [-0.05, 0) is 38.0 Å². The van der Waals surface area contributed by atoms with Gasteiger partial charge in [0.15, 0.2) is 0 Å². The van der Waals surface area contributed by atoms with Gasteiger partial charge < -0.3 is 20.1 Å². The second-order valence-electron chi connectivity index (χ2n) is 6.48. The maximum absolute atomic E-state index is 12.5. The zero-order valence-corrected chi connectivity index (χ0v) is 12.3. The molecule has 0 spiro atoms. The van der Waals surface area contributed by atoms with Gasteiger partial charge in [-0.15, -0.1) is 0 Å². The summed E-state index contributed by atoms with van der Waals surface area (Å²) in [6.07, 6.45) is 7.29. The highest BCUT2D eigenvalue weighted by Crippen LogP contribution is 2.38. The fourth-order valence-electron chi connectivity index (χ4n) is 3.63. The summed E-state index contributed by atoms with van der Waals surface area (Å²) in [5, 5.41) is 12.1. The minimum Gasteiger partial charge on any atom is -0.480 e. The Labute approximate surface area is 124 Å². The summed E-state index contributed by atoms with van der Waals surface area (Å²) in [6.45, 7) is 0.479. The number of nitrogens with one attached hydrogen (secondary N) is 1. The summed E-state index contributed by atoms with van der Waals surface area (Å²) in [7, 11) is 0. The van der Waals surface area contributed by atoms with Crippen LogP contribution in [-0.2, 0) is 9.53 Å². The molecule has 2 unspecified atom stereocenters. The highest BCUT2D eigenvalue weighted by Gasteiger charge is 2.42. The first kappa shape index (κ1) is 14.6. The largest absolute Gasteiger partial charge is 0.480 e. The number of carboxylic acids is 1. The van der Waals surface area contributed by atoms with Crippen LogP contribution in [0.4, 0.5) is 4.79 Å². The van der Waals surface area contributed by atoms with Crippen LogP contribution in [-0.4, -0.2) is 53.3 Å². The van der Waals surface area contributed by atoms with Crippen LogP contribution >= 0.6 is 0 Å². The first-order valence-electron chi connectivity index (χ1n) is 8.05. The topological polar surface area (TPSA) is 78.9 Å². The van der Waals surface area contributed by atoms with Crippen LogP contribution in [0.3, 0.4) is 0 Å². The van der Waals surface area contributed by atoms with Gasteiger partial charge in [0.25, 0.3) is 0 Å². The number of carbonyl (C=O) groups is 2. The lowest BCUT2D eigenvalue weighted by Gasteiger charge is -2.30. The molecule has 2 aliphatic carbocycles. The molecular formula is C15H24N2O4. The van der Waals surface area contributed by atoms with Crippen molar-refractivity contribution in [1.82, 2.24) is 10.2 Å². The molecule has 1 heterocycles. The molecule has 6 nitrogen and oxygen atoms in total. The molecule has 118 valence electrons. The highest BCUT2D eigenvalue weighted by atomic mass is 16.5. The number of rotatable bonds is 5. The van der Waals surface area contributed by atoms with Gasteiger partial charge in [0.05, 0.1) is 12.1 Å². The normalized spacial score (nSPS) is 29.5. The molecule has 0 aromatic carbocycles. The zero-order chi connectivity index (χ0) is 14.8. The van der Waals surface area contributed by atoms with E-state index in [0.29, 0.717) is 12.5 Å². The minimum atomic E-state index is -0.946. The van der Waals surface area contributed by atoms with Gasteiger partial charge in [-0.1, -0.05) is 12.8 Å². The molecule has 0 aromatic heterocycles. The first-order chi connectivity index (χ1) is 10.1. The van der Waals surface area contributed by atoms with E-state index in [-0.39, 0.29) is 30.8 Å². The van der Waals surface area contributed by atoms with E-state index in [1.54, 1.807) is 0 Å². The Hall–Kier alpha value is -1.30. The van der Waals surface area contributed by atoms with Gasteiger partial charge in [-0.25, -0.2) is 4.79 Å². The Bertz CT molecular complexity index is 404. The standard InChI is InChI=1S/C15H24N2O4/c18-13(19)9-17(11-3-1-2-4-11)15(20)16-12-7-8-21-14(12)10-5-6-10/h10-12,14H,1-9H2,(H,16,20)(H,18,19). The van der Waals surface area contributed by atoms with Crippen LogP contribution in [0.1, 0.15) is 44.9 Å². The lowest BCUT2D eigenvalue weighted by molar-refractivity contribution is -0.138. The predicted octanol–water partition coefficient (Wildman–Crippen LogP) is 1.59. The van der Waals surface area contributed by atoms with E-state index in [4.69, 9.17) is 9.84 Å². The Morgan fingerprint density at radius 1 is 1.14 bits per heavy atom. The number of urea groups is 1. The fraction of sp³-hybridized carbons (Fsp3) is 0.867. The summed E-state index contributed by atoms with van der Waals surface area (Å²) in [5.74, 6) is -0.365. The Balaban J connectivity index is 1.61. The highest BCUT2D eigenvalue weighted by molar-refractivity contribution is 5.80. The van der Waals surface area contributed by atoms with Crippen molar-refractivity contribution in [3.8, 4) is 0 Å². The van der Waals surface area contributed by atoms with Crippen LogP contribution in [0.2, 0.25) is 0 Å². The summed E-state index contributed by atoms with van der Waals surface area (Å²) in [6, 6.07) is -0.115. The number of carboxylic acid groups (broad SMARTS) is 1. The van der Waals surface area contributed by atoms with Crippen molar-refractivity contribution in [2.24, 2.45) is 5.92 Å². The average molecular weight is 296 g/mol. The second-order valence-corrected chi connectivity index (χ2v) is 6.48. The van der Waals surface area contributed by atoms with Crippen LogP contribution in [0.5, 0.6) is 0 Å². The summed E-state index contributed by atoms with van der Waals surface area (Å²) < 4.78 is 5.73. The van der Waals surface area contributed by atoms with Crippen molar-refractivity contribution >= 4 is 12.0 Å². The Morgan fingerprint density at radius 3 is 2.48 bits per heavy atom. The average Bonchev–Trinajstić information content (AvgIpc) is 2.96. The van der Waals surface area contributed by atoms with E-state index >= 15 is 0 Å². The van der Waals surface area contributed by atoms with Crippen molar-refractivity contribution in [3.05, 3.63) is 0 Å². The summed E-state index contributed by atoms with van der Waals surface area (Å²) >= 11 is 0. The van der Waals surface area contributed by atoms with Gasteiger partial charge in [-0.2, -0.15) is 0 Å². The minimum absolute atomic E-state index is 0.0442. The van der Waals surface area contributed by atoms with E-state index in [1.165, 1.54) is 17.7 Å². The van der Waals surface area contributed by atoms with E-state index < -0.39 is 5.97 Å². The molecule has 0 aromatic rings. The lowest BCUT2D eigenvalue weighted by Crippen LogP contribution is -2.52. The quantitative estimate of drug-likeness (QED) is 0.807. The lowest BCUT2D eigenvalue weighted by atomic mass is 10.1. The third-order valence-electron chi connectivity index (χ3n) is 4.86. The third kappa shape index (κ3) is 3.48. The summed E-state index contributed by atoms with van der Waals surface area (Å²) in [5.41, 5.74) is 0. The van der Waals surface area contributed by atoms with Gasteiger partial charge in [0.2, 0.25) is 0 Å². The SMILES string of the molecule is O=C(O)CN(C(=O)NC1CCOC1C1CC1)C1CCCC1. The number of carbonyl (C=O) groups excluding carboxylic acids is 1. The van der Waals surface area contributed by atoms with Crippen molar-refractivity contribution in [2.75, 3.05) is 13.2 Å². The van der Waals surface area contributed by atoms with Crippen LogP contribution in [0.15, 0.2) is 0 Å².